The van der Waals surface area contributed by atoms with Gasteiger partial charge in [0.2, 0.25) is 5.91 Å². The van der Waals surface area contributed by atoms with E-state index >= 15 is 0 Å². The summed E-state index contributed by atoms with van der Waals surface area (Å²) in [6.45, 7) is 4.07. The van der Waals surface area contributed by atoms with E-state index in [-0.39, 0.29) is 17.8 Å². The molecule has 2 nitrogen and oxygen atoms in total. The highest BCUT2D eigenvalue weighted by Crippen LogP contribution is 1.94. The normalized spacial score (nSPS) is 12.7. The summed E-state index contributed by atoms with van der Waals surface area (Å²) in [5.41, 5.74) is 0. The van der Waals surface area contributed by atoms with Crippen LogP contribution >= 0.6 is 11.6 Å². The molecule has 1 amide bonds. The van der Waals surface area contributed by atoms with Crippen LogP contribution in [-0.2, 0) is 4.79 Å². The lowest BCUT2D eigenvalue weighted by atomic mass is 10.2. The number of amides is 1. The summed E-state index contributed by atoms with van der Waals surface area (Å²) in [4.78, 5) is 10.7. The van der Waals surface area contributed by atoms with E-state index in [1.54, 1.807) is 0 Å². The number of alkyl halides is 1. The first-order valence-electron chi connectivity index (χ1n) is 3.56. The molecule has 0 aliphatic heterocycles. The van der Waals surface area contributed by atoms with Crippen LogP contribution in [0.1, 0.15) is 26.7 Å². The van der Waals surface area contributed by atoms with Crippen LogP contribution in [0.25, 0.3) is 0 Å². The summed E-state index contributed by atoms with van der Waals surface area (Å²) in [6.07, 6.45) is 2.10. The molecule has 0 saturated carbocycles. The highest BCUT2D eigenvalue weighted by molar-refractivity contribution is 6.27. The van der Waals surface area contributed by atoms with E-state index in [1.165, 1.54) is 0 Å². The summed E-state index contributed by atoms with van der Waals surface area (Å²) in [6, 6.07) is 0.260. The molecular weight excluding hydrogens is 150 g/mol. The Kier molecular flexibility index (Phi) is 5.40. The molecule has 0 rings (SSSR count). The first kappa shape index (κ1) is 9.76. The summed E-state index contributed by atoms with van der Waals surface area (Å²) >= 11 is 5.28. The number of halogens is 1. The largest absolute Gasteiger partial charge is 0.353 e. The molecule has 0 saturated heterocycles. The predicted molar refractivity (Wildman–Crippen MR) is 43.2 cm³/mol. The number of rotatable bonds is 4. The van der Waals surface area contributed by atoms with Crippen LogP contribution in [0.5, 0.6) is 0 Å². The fourth-order valence-corrected chi connectivity index (χ4v) is 0.896. The molecule has 1 atom stereocenters. The van der Waals surface area contributed by atoms with Crippen molar-refractivity contribution < 1.29 is 4.79 Å². The van der Waals surface area contributed by atoms with Crippen LogP contribution in [0.15, 0.2) is 0 Å². The van der Waals surface area contributed by atoms with Gasteiger partial charge in [-0.1, -0.05) is 13.3 Å². The molecule has 0 unspecified atom stereocenters. The van der Waals surface area contributed by atoms with E-state index in [2.05, 4.69) is 12.2 Å². The van der Waals surface area contributed by atoms with Crippen LogP contribution in [0.3, 0.4) is 0 Å². The zero-order valence-corrected chi connectivity index (χ0v) is 7.24. The SMILES string of the molecule is CCC[C@@H](C)NC(=O)CCl. The average Bonchev–Trinajstić information content (AvgIpc) is 1.88. The van der Waals surface area contributed by atoms with Crippen LogP contribution in [0, 0.1) is 0 Å². The molecule has 0 aliphatic rings. The Balaban J connectivity index is 3.37. The van der Waals surface area contributed by atoms with Crippen molar-refractivity contribution in [3.8, 4) is 0 Å². The Morgan fingerprint density at radius 1 is 1.70 bits per heavy atom. The maximum Gasteiger partial charge on any atom is 0.235 e. The zero-order valence-electron chi connectivity index (χ0n) is 6.48. The minimum atomic E-state index is -0.0809. The van der Waals surface area contributed by atoms with Gasteiger partial charge in [-0.2, -0.15) is 0 Å². The average molecular weight is 164 g/mol. The number of nitrogens with one attached hydrogen (secondary N) is 1. The lowest BCUT2D eigenvalue weighted by Gasteiger charge is -2.10. The third kappa shape index (κ3) is 4.62. The maximum absolute atomic E-state index is 10.7. The van der Waals surface area contributed by atoms with Gasteiger partial charge in [-0.3, -0.25) is 4.79 Å². The third-order valence-electron chi connectivity index (χ3n) is 1.25. The molecule has 0 fully saturated rings. The van der Waals surface area contributed by atoms with E-state index in [9.17, 15) is 4.79 Å². The van der Waals surface area contributed by atoms with Gasteiger partial charge in [0.15, 0.2) is 0 Å². The first-order valence-corrected chi connectivity index (χ1v) is 4.09. The van der Waals surface area contributed by atoms with Gasteiger partial charge in [-0.15, -0.1) is 11.6 Å². The molecule has 0 bridgehead atoms. The summed E-state index contributed by atoms with van der Waals surface area (Å²) < 4.78 is 0. The van der Waals surface area contributed by atoms with Crippen LogP contribution in [0.2, 0.25) is 0 Å². The number of carbonyl (C=O) groups excluding carboxylic acids is 1. The molecule has 0 aromatic rings. The Labute approximate surface area is 66.9 Å². The molecule has 0 aromatic heterocycles. The molecule has 60 valence electrons. The van der Waals surface area contributed by atoms with Crippen molar-refractivity contribution >= 4 is 17.5 Å². The van der Waals surface area contributed by atoms with Gasteiger partial charge in [-0.05, 0) is 13.3 Å². The standard InChI is InChI=1S/C7H14ClNO/c1-3-4-6(2)9-7(10)5-8/h6H,3-5H2,1-2H3,(H,9,10)/t6-/m1/s1. The van der Waals surface area contributed by atoms with Crippen molar-refractivity contribution in [2.45, 2.75) is 32.7 Å². The second kappa shape index (κ2) is 5.54. The minimum absolute atomic E-state index is 0.0635. The zero-order chi connectivity index (χ0) is 7.98. The van der Waals surface area contributed by atoms with E-state index in [0.717, 1.165) is 12.8 Å². The van der Waals surface area contributed by atoms with Crippen LogP contribution < -0.4 is 5.32 Å². The van der Waals surface area contributed by atoms with Gasteiger partial charge in [-0.25, -0.2) is 0 Å². The number of hydrogen-bond donors (Lipinski definition) is 1. The van der Waals surface area contributed by atoms with Gasteiger partial charge >= 0.3 is 0 Å². The molecule has 0 heterocycles. The Morgan fingerprint density at radius 2 is 2.30 bits per heavy atom. The quantitative estimate of drug-likeness (QED) is 0.626. The van der Waals surface area contributed by atoms with E-state index in [4.69, 9.17) is 11.6 Å². The monoisotopic (exact) mass is 163 g/mol. The number of hydrogen-bond acceptors (Lipinski definition) is 1. The van der Waals surface area contributed by atoms with Gasteiger partial charge in [0.05, 0.1) is 0 Å². The second-order valence-corrected chi connectivity index (χ2v) is 2.66. The fraction of sp³-hybridized carbons (Fsp3) is 0.857. The van der Waals surface area contributed by atoms with Crippen molar-refractivity contribution in [2.24, 2.45) is 0 Å². The summed E-state index contributed by atoms with van der Waals surface area (Å²) in [5.74, 6) is -0.0174. The molecule has 0 radical (unpaired) electrons. The van der Waals surface area contributed by atoms with Gasteiger partial charge in [0.1, 0.15) is 5.88 Å². The van der Waals surface area contributed by atoms with E-state index in [1.807, 2.05) is 6.92 Å². The molecule has 0 aliphatic carbocycles. The lowest BCUT2D eigenvalue weighted by molar-refractivity contribution is -0.119. The van der Waals surface area contributed by atoms with Crippen molar-refractivity contribution in [1.82, 2.24) is 5.32 Å². The van der Waals surface area contributed by atoms with Gasteiger partial charge in [0, 0.05) is 6.04 Å². The van der Waals surface area contributed by atoms with Crippen molar-refractivity contribution in [2.75, 3.05) is 5.88 Å². The third-order valence-corrected chi connectivity index (χ3v) is 1.49. The summed E-state index contributed by atoms with van der Waals surface area (Å²) in [7, 11) is 0. The topological polar surface area (TPSA) is 29.1 Å². The van der Waals surface area contributed by atoms with Crippen LogP contribution in [-0.4, -0.2) is 17.8 Å². The molecular formula is C7H14ClNO. The molecule has 0 aromatic carbocycles. The van der Waals surface area contributed by atoms with Crippen molar-refractivity contribution in [1.29, 1.82) is 0 Å². The first-order chi connectivity index (χ1) is 4.70. The number of carbonyl (C=O) groups is 1. The second-order valence-electron chi connectivity index (χ2n) is 2.39. The van der Waals surface area contributed by atoms with Gasteiger partial charge in [0.25, 0.3) is 0 Å². The maximum atomic E-state index is 10.7. The molecule has 10 heavy (non-hydrogen) atoms. The molecule has 0 spiro atoms. The van der Waals surface area contributed by atoms with Crippen LogP contribution in [0.4, 0.5) is 0 Å². The summed E-state index contributed by atoms with van der Waals surface area (Å²) in [5, 5.41) is 2.76. The van der Waals surface area contributed by atoms with Crippen molar-refractivity contribution in [3.05, 3.63) is 0 Å². The van der Waals surface area contributed by atoms with Crippen molar-refractivity contribution in [3.63, 3.8) is 0 Å². The fourth-order valence-electron chi connectivity index (χ4n) is 0.819. The highest BCUT2D eigenvalue weighted by Gasteiger charge is 2.03. The predicted octanol–water partition coefficient (Wildman–Crippen LogP) is 1.53. The Hall–Kier alpha value is -0.240. The molecule has 3 heteroatoms. The van der Waals surface area contributed by atoms with E-state index in [0.29, 0.717) is 0 Å². The Morgan fingerprint density at radius 3 is 2.70 bits per heavy atom. The van der Waals surface area contributed by atoms with Gasteiger partial charge < -0.3 is 5.32 Å². The van der Waals surface area contributed by atoms with E-state index < -0.39 is 0 Å². The highest BCUT2D eigenvalue weighted by atomic mass is 35.5. The molecule has 1 N–H and O–H groups in total. The Bertz CT molecular complexity index is 106. The lowest BCUT2D eigenvalue weighted by Crippen LogP contribution is -2.33. The minimum Gasteiger partial charge on any atom is -0.353 e. The smallest absolute Gasteiger partial charge is 0.235 e.